The molecule has 0 aliphatic carbocycles. The molecule has 1 N–H and O–H groups in total. The lowest BCUT2D eigenvalue weighted by Gasteiger charge is -2.17. The predicted molar refractivity (Wildman–Crippen MR) is 113 cm³/mol. The Morgan fingerprint density at radius 3 is 2.55 bits per heavy atom. The number of anilines is 1. The van der Waals surface area contributed by atoms with Crippen LogP contribution >= 0.6 is 0 Å². The minimum absolute atomic E-state index is 0.251. The molecule has 7 nitrogen and oxygen atoms in total. The molecule has 0 unspecified atom stereocenters. The third-order valence-corrected chi connectivity index (χ3v) is 5.43. The van der Waals surface area contributed by atoms with Gasteiger partial charge >= 0.3 is 0 Å². The fourth-order valence-electron chi connectivity index (χ4n) is 3.87. The van der Waals surface area contributed by atoms with Gasteiger partial charge < -0.3 is 19.5 Å². The number of nitrogens with one attached hydrogen (secondary N) is 1. The standard InChI is InChI=1S/C22H28N4O3/c1-5-19-14(2)24-21-12-20(15-9-17(27-3)11-18(10-15)28-4)25-26(21)22(19)23-13-16-7-6-8-29-16/h9-12,16,23H,5-8,13H2,1-4H3/t16-/m0/s1. The quantitative estimate of drug-likeness (QED) is 0.654. The first-order valence-electron chi connectivity index (χ1n) is 10.1. The lowest BCUT2D eigenvalue weighted by atomic mass is 10.1. The van der Waals surface area contributed by atoms with Crippen LogP contribution in [0.15, 0.2) is 24.3 Å². The summed E-state index contributed by atoms with van der Waals surface area (Å²) in [5, 5.41) is 8.45. The molecular weight excluding hydrogens is 368 g/mol. The first-order valence-corrected chi connectivity index (χ1v) is 10.1. The predicted octanol–water partition coefficient (Wildman–Crippen LogP) is 3.88. The molecule has 3 heterocycles. The van der Waals surface area contributed by atoms with Crippen LogP contribution in [-0.4, -0.2) is 48.1 Å². The molecule has 0 spiro atoms. The average molecular weight is 396 g/mol. The van der Waals surface area contributed by atoms with Crippen LogP contribution in [-0.2, 0) is 11.2 Å². The van der Waals surface area contributed by atoms with Gasteiger partial charge in [-0.2, -0.15) is 9.61 Å². The van der Waals surface area contributed by atoms with Crippen molar-refractivity contribution in [3.63, 3.8) is 0 Å². The van der Waals surface area contributed by atoms with Gasteiger partial charge in [-0.15, -0.1) is 0 Å². The number of aryl methyl sites for hydroxylation is 1. The van der Waals surface area contributed by atoms with Gasteiger partial charge in [0.25, 0.3) is 0 Å². The first-order chi connectivity index (χ1) is 14.1. The number of nitrogens with zero attached hydrogens (tertiary/aromatic N) is 3. The van der Waals surface area contributed by atoms with E-state index in [9.17, 15) is 0 Å². The zero-order valence-electron chi connectivity index (χ0n) is 17.5. The molecular formula is C22H28N4O3. The molecule has 29 heavy (non-hydrogen) atoms. The van der Waals surface area contributed by atoms with Crippen LogP contribution in [0.1, 0.15) is 31.0 Å². The van der Waals surface area contributed by atoms with Gasteiger partial charge in [0.2, 0.25) is 0 Å². The minimum Gasteiger partial charge on any atom is -0.497 e. The number of benzene rings is 1. The molecule has 1 aliphatic rings. The van der Waals surface area contributed by atoms with Crippen LogP contribution in [0.2, 0.25) is 0 Å². The van der Waals surface area contributed by atoms with Crippen molar-refractivity contribution in [2.24, 2.45) is 0 Å². The summed E-state index contributed by atoms with van der Waals surface area (Å²) in [5.74, 6) is 2.45. The maximum atomic E-state index is 5.78. The van der Waals surface area contributed by atoms with Gasteiger partial charge in [0.15, 0.2) is 5.65 Å². The van der Waals surface area contributed by atoms with Gasteiger partial charge in [0.05, 0.1) is 26.0 Å². The normalized spacial score (nSPS) is 16.3. The second kappa shape index (κ2) is 8.29. The zero-order chi connectivity index (χ0) is 20.4. The SMILES string of the molecule is CCc1c(C)nc2cc(-c3cc(OC)cc(OC)c3)nn2c1NC[C@@H]1CCCO1. The second-order valence-corrected chi connectivity index (χ2v) is 7.29. The second-order valence-electron chi connectivity index (χ2n) is 7.29. The third kappa shape index (κ3) is 3.87. The molecule has 1 fully saturated rings. The lowest BCUT2D eigenvalue weighted by molar-refractivity contribution is 0.120. The minimum atomic E-state index is 0.251. The Labute approximate surface area is 171 Å². The number of hydrogen-bond donors (Lipinski definition) is 1. The Morgan fingerprint density at radius 2 is 1.93 bits per heavy atom. The van der Waals surface area contributed by atoms with Gasteiger partial charge in [-0.3, -0.25) is 0 Å². The van der Waals surface area contributed by atoms with Crippen LogP contribution in [0.25, 0.3) is 16.9 Å². The number of rotatable bonds is 7. The highest BCUT2D eigenvalue weighted by Gasteiger charge is 2.19. The van der Waals surface area contributed by atoms with E-state index in [2.05, 4.69) is 19.2 Å². The fraction of sp³-hybridized carbons (Fsp3) is 0.455. The van der Waals surface area contributed by atoms with Crippen molar-refractivity contribution in [1.29, 1.82) is 0 Å². The summed E-state index contributed by atoms with van der Waals surface area (Å²) in [6, 6.07) is 7.76. The van der Waals surface area contributed by atoms with E-state index in [4.69, 9.17) is 24.3 Å². The first kappa shape index (κ1) is 19.5. The molecule has 1 saturated heterocycles. The summed E-state index contributed by atoms with van der Waals surface area (Å²) >= 11 is 0. The number of ether oxygens (including phenoxy) is 3. The Kier molecular flexibility index (Phi) is 5.58. The highest BCUT2D eigenvalue weighted by molar-refractivity contribution is 5.69. The highest BCUT2D eigenvalue weighted by Crippen LogP contribution is 2.31. The number of methoxy groups -OCH3 is 2. The van der Waals surface area contributed by atoms with Crippen molar-refractivity contribution in [3.8, 4) is 22.8 Å². The van der Waals surface area contributed by atoms with Crippen LogP contribution in [0.4, 0.5) is 5.82 Å². The summed E-state index contributed by atoms with van der Waals surface area (Å²) in [5.41, 5.74) is 4.75. The van der Waals surface area contributed by atoms with E-state index in [1.807, 2.05) is 28.8 Å². The summed E-state index contributed by atoms with van der Waals surface area (Å²) in [6.45, 7) is 5.82. The molecule has 1 aliphatic heterocycles. The fourth-order valence-corrected chi connectivity index (χ4v) is 3.87. The van der Waals surface area contributed by atoms with E-state index in [0.29, 0.717) is 0 Å². The Balaban J connectivity index is 1.77. The van der Waals surface area contributed by atoms with E-state index in [0.717, 1.165) is 72.3 Å². The summed E-state index contributed by atoms with van der Waals surface area (Å²) in [4.78, 5) is 4.78. The molecule has 7 heteroatoms. The van der Waals surface area contributed by atoms with Crippen molar-refractivity contribution in [3.05, 3.63) is 35.5 Å². The number of fused-ring (bicyclic) bond motifs is 1. The van der Waals surface area contributed by atoms with E-state index < -0.39 is 0 Å². The van der Waals surface area contributed by atoms with Crippen molar-refractivity contribution < 1.29 is 14.2 Å². The monoisotopic (exact) mass is 396 g/mol. The average Bonchev–Trinajstić information content (AvgIpc) is 3.41. The van der Waals surface area contributed by atoms with Gasteiger partial charge in [0, 0.05) is 42.1 Å². The molecule has 3 aromatic rings. The molecule has 1 atom stereocenters. The smallest absolute Gasteiger partial charge is 0.158 e. The molecule has 154 valence electrons. The van der Waals surface area contributed by atoms with Gasteiger partial charge in [0.1, 0.15) is 17.3 Å². The summed E-state index contributed by atoms with van der Waals surface area (Å²) in [6.07, 6.45) is 3.35. The number of hydrogen-bond acceptors (Lipinski definition) is 6. The molecule has 1 aromatic carbocycles. The largest absolute Gasteiger partial charge is 0.497 e. The van der Waals surface area contributed by atoms with Crippen molar-refractivity contribution in [2.45, 2.75) is 39.2 Å². The van der Waals surface area contributed by atoms with E-state index >= 15 is 0 Å². The maximum Gasteiger partial charge on any atom is 0.158 e. The summed E-state index contributed by atoms with van der Waals surface area (Å²) < 4.78 is 18.5. The number of aromatic nitrogens is 3. The summed E-state index contributed by atoms with van der Waals surface area (Å²) in [7, 11) is 3.29. The molecule has 0 amide bonds. The maximum absolute atomic E-state index is 5.78. The van der Waals surface area contributed by atoms with Crippen LogP contribution in [0.3, 0.4) is 0 Å². The Hall–Kier alpha value is -2.80. The van der Waals surface area contributed by atoms with Crippen LogP contribution in [0.5, 0.6) is 11.5 Å². The van der Waals surface area contributed by atoms with Crippen molar-refractivity contribution in [2.75, 3.05) is 32.7 Å². The molecule has 0 saturated carbocycles. The van der Waals surface area contributed by atoms with Gasteiger partial charge in [-0.25, -0.2) is 4.98 Å². The molecule has 4 rings (SSSR count). The topological polar surface area (TPSA) is 69.9 Å². The Bertz CT molecular complexity index is 987. The van der Waals surface area contributed by atoms with Crippen molar-refractivity contribution in [1.82, 2.24) is 14.6 Å². The third-order valence-electron chi connectivity index (χ3n) is 5.43. The molecule has 0 bridgehead atoms. The van der Waals surface area contributed by atoms with E-state index in [1.165, 1.54) is 5.56 Å². The van der Waals surface area contributed by atoms with Gasteiger partial charge in [-0.05, 0) is 38.3 Å². The van der Waals surface area contributed by atoms with Crippen LogP contribution in [0, 0.1) is 6.92 Å². The van der Waals surface area contributed by atoms with E-state index in [-0.39, 0.29) is 6.10 Å². The van der Waals surface area contributed by atoms with E-state index in [1.54, 1.807) is 14.2 Å². The Morgan fingerprint density at radius 1 is 1.17 bits per heavy atom. The van der Waals surface area contributed by atoms with Crippen molar-refractivity contribution >= 4 is 11.5 Å². The van der Waals surface area contributed by atoms with Crippen LogP contribution < -0.4 is 14.8 Å². The zero-order valence-corrected chi connectivity index (χ0v) is 17.5. The molecule has 0 radical (unpaired) electrons. The lowest BCUT2D eigenvalue weighted by Crippen LogP contribution is -2.21. The van der Waals surface area contributed by atoms with Gasteiger partial charge in [-0.1, -0.05) is 6.92 Å². The highest BCUT2D eigenvalue weighted by atomic mass is 16.5. The molecule has 2 aromatic heterocycles.